The molecule has 4 nitrogen and oxygen atoms in total. The van der Waals surface area contributed by atoms with E-state index < -0.39 is 12.1 Å². The summed E-state index contributed by atoms with van der Waals surface area (Å²) in [5.41, 5.74) is 0. The number of aliphatic hydroxyl groups is 2. The van der Waals surface area contributed by atoms with E-state index in [2.05, 4.69) is 0 Å². The molecule has 4 heteroatoms. The van der Waals surface area contributed by atoms with Gasteiger partial charge in [-0.3, -0.25) is 4.79 Å². The minimum atomic E-state index is -0.930. The molecule has 0 saturated heterocycles. The molecule has 0 aromatic heterocycles. The average molecular weight is 260 g/mol. The fourth-order valence-electron chi connectivity index (χ4n) is 2.01. The third-order valence-corrected chi connectivity index (χ3v) is 3.07. The van der Waals surface area contributed by atoms with Gasteiger partial charge in [-0.2, -0.15) is 0 Å². The van der Waals surface area contributed by atoms with E-state index in [1.165, 1.54) is 19.3 Å². The molecule has 0 aromatic carbocycles. The Morgan fingerprint density at radius 1 is 0.889 bits per heavy atom. The van der Waals surface area contributed by atoms with Gasteiger partial charge in [0.25, 0.3) is 0 Å². The molecule has 0 bridgehead atoms. The second-order valence-electron chi connectivity index (χ2n) is 5.15. The van der Waals surface area contributed by atoms with Crippen LogP contribution in [0, 0.1) is 0 Å². The minimum absolute atomic E-state index is 0.140. The van der Waals surface area contributed by atoms with Crippen LogP contribution >= 0.6 is 0 Å². The van der Waals surface area contributed by atoms with Gasteiger partial charge in [0, 0.05) is 0 Å². The first-order valence-electron chi connectivity index (χ1n) is 7.10. The Bertz CT molecular complexity index is 204. The molecule has 0 saturated carbocycles. The zero-order valence-electron chi connectivity index (χ0n) is 11.5. The van der Waals surface area contributed by atoms with Crippen LogP contribution in [0.25, 0.3) is 0 Å². The molecule has 0 aliphatic rings. The van der Waals surface area contributed by atoms with E-state index in [4.69, 9.17) is 10.2 Å². The van der Waals surface area contributed by atoms with E-state index in [0.717, 1.165) is 32.1 Å². The second kappa shape index (κ2) is 11.5. The van der Waals surface area contributed by atoms with Crippen molar-refractivity contribution in [3.05, 3.63) is 0 Å². The van der Waals surface area contributed by atoms with Gasteiger partial charge >= 0.3 is 5.97 Å². The maximum absolute atomic E-state index is 10.3. The highest BCUT2D eigenvalue weighted by Crippen LogP contribution is 2.12. The highest BCUT2D eigenvalue weighted by atomic mass is 16.4. The van der Waals surface area contributed by atoms with Crippen LogP contribution in [0.5, 0.6) is 0 Å². The molecule has 0 rings (SSSR count). The van der Waals surface area contributed by atoms with Gasteiger partial charge in [0.05, 0.1) is 18.6 Å². The summed E-state index contributed by atoms with van der Waals surface area (Å²) in [5.74, 6) is -0.930. The first-order chi connectivity index (χ1) is 8.52. The van der Waals surface area contributed by atoms with Gasteiger partial charge in [-0.05, 0) is 19.8 Å². The van der Waals surface area contributed by atoms with Crippen LogP contribution in [0.15, 0.2) is 0 Å². The Morgan fingerprint density at radius 2 is 1.33 bits per heavy atom. The van der Waals surface area contributed by atoms with Gasteiger partial charge in [0.1, 0.15) is 0 Å². The lowest BCUT2D eigenvalue weighted by Gasteiger charge is -2.07. The number of hydrogen-bond donors (Lipinski definition) is 3. The van der Waals surface area contributed by atoms with Crippen LogP contribution in [0.1, 0.15) is 71.1 Å². The van der Waals surface area contributed by atoms with Crippen LogP contribution in [-0.4, -0.2) is 33.5 Å². The standard InChI is InChI=1S/C14H28O4/c1-12(15)9-7-5-3-2-4-6-8-10-13(16)11-14(17)18/h12-13,15-16H,2-11H2,1H3,(H,17,18)/t12-,13-/m1/s1. The van der Waals surface area contributed by atoms with Crippen LogP contribution in [0.2, 0.25) is 0 Å². The molecule has 0 aromatic rings. The average Bonchev–Trinajstić information content (AvgIpc) is 2.25. The number of rotatable bonds is 12. The zero-order valence-corrected chi connectivity index (χ0v) is 11.5. The number of hydrogen-bond acceptors (Lipinski definition) is 3. The van der Waals surface area contributed by atoms with Gasteiger partial charge in [-0.25, -0.2) is 0 Å². The lowest BCUT2D eigenvalue weighted by molar-refractivity contribution is -0.139. The number of carboxylic acid groups (broad SMARTS) is 1. The SMILES string of the molecule is C[C@@H](O)CCCCCCCCC[C@@H](O)CC(=O)O. The fourth-order valence-corrected chi connectivity index (χ4v) is 2.01. The van der Waals surface area contributed by atoms with Crippen molar-refractivity contribution in [2.24, 2.45) is 0 Å². The van der Waals surface area contributed by atoms with E-state index in [-0.39, 0.29) is 12.5 Å². The lowest BCUT2D eigenvalue weighted by Crippen LogP contribution is -2.12. The van der Waals surface area contributed by atoms with Crippen LogP contribution < -0.4 is 0 Å². The smallest absolute Gasteiger partial charge is 0.305 e. The predicted octanol–water partition coefficient (Wildman–Crippen LogP) is 2.71. The summed E-state index contributed by atoms with van der Waals surface area (Å²) < 4.78 is 0. The van der Waals surface area contributed by atoms with Crippen molar-refractivity contribution in [1.29, 1.82) is 0 Å². The van der Waals surface area contributed by atoms with Crippen molar-refractivity contribution < 1.29 is 20.1 Å². The van der Waals surface area contributed by atoms with Gasteiger partial charge in [0.2, 0.25) is 0 Å². The van der Waals surface area contributed by atoms with Crippen molar-refractivity contribution in [2.75, 3.05) is 0 Å². The van der Waals surface area contributed by atoms with E-state index in [1.54, 1.807) is 0 Å². The maximum atomic E-state index is 10.3. The lowest BCUT2D eigenvalue weighted by atomic mass is 10.0. The van der Waals surface area contributed by atoms with E-state index >= 15 is 0 Å². The Morgan fingerprint density at radius 3 is 1.78 bits per heavy atom. The van der Waals surface area contributed by atoms with Crippen molar-refractivity contribution in [1.82, 2.24) is 0 Å². The van der Waals surface area contributed by atoms with Gasteiger partial charge in [-0.1, -0.05) is 44.9 Å². The van der Waals surface area contributed by atoms with Gasteiger partial charge in [-0.15, -0.1) is 0 Å². The summed E-state index contributed by atoms with van der Waals surface area (Å²) in [7, 11) is 0. The summed E-state index contributed by atoms with van der Waals surface area (Å²) in [6.07, 6.45) is 8.24. The summed E-state index contributed by atoms with van der Waals surface area (Å²) in [6.45, 7) is 1.82. The highest BCUT2D eigenvalue weighted by molar-refractivity contribution is 5.67. The molecule has 3 N–H and O–H groups in total. The molecule has 108 valence electrons. The second-order valence-corrected chi connectivity index (χ2v) is 5.15. The van der Waals surface area contributed by atoms with Gasteiger partial charge < -0.3 is 15.3 Å². The molecule has 0 aliphatic heterocycles. The van der Waals surface area contributed by atoms with Crippen molar-refractivity contribution >= 4 is 5.97 Å². The number of aliphatic hydroxyl groups excluding tert-OH is 2. The molecule has 0 heterocycles. The molecule has 0 fully saturated rings. The van der Waals surface area contributed by atoms with Crippen molar-refractivity contribution in [3.8, 4) is 0 Å². The molecular weight excluding hydrogens is 232 g/mol. The van der Waals surface area contributed by atoms with Crippen molar-refractivity contribution in [3.63, 3.8) is 0 Å². The predicted molar refractivity (Wildman–Crippen MR) is 71.5 cm³/mol. The van der Waals surface area contributed by atoms with Crippen molar-refractivity contribution in [2.45, 2.75) is 83.3 Å². The zero-order chi connectivity index (χ0) is 13.8. The monoisotopic (exact) mass is 260 g/mol. The molecule has 0 radical (unpaired) electrons. The van der Waals surface area contributed by atoms with E-state index in [9.17, 15) is 9.90 Å². The molecule has 0 aliphatic carbocycles. The van der Waals surface area contributed by atoms with E-state index in [0.29, 0.717) is 6.42 Å². The highest BCUT2D eigenvalue weighted by Gasteiger charge is 2.08. The summed E-state index contributed by atoms with van der Waals surface area (Å²) in [6, 6.07) is 0. The maximum Gasteiger partial charge on any atom is 0.305 e. The largest absolute Gasteiger partial charge is 0.481 e. The minimum Gasteiger partial charge on any atom is -0.481 e. The van der Waals surface area contributed by atoms with Crippen LogP contribution in [0.3, 0.4) is 0 Å². The number of carboxylic acids is 1. The normalized spacial score (nSPS) is 14.4. The Labute approximate surface area is 110 Å². The van der Waals surface area contributed by atoms with Crippen LogP contribution in [0.4, 0.5) is 0 Å². The summed E-state index contributed by atoms with van der Waals surface area (Å²) >= 11 is 0. The summed E-state index contributed by atoms with van der Waals surface area (Å²) in [4.78, 5) is 10.3. The first-order valence-corrected chi connectivity index (χ1v) is 7.10. The van der Waals surface area contributed by atoms with E-state index in [1.807, 2.05) is 6.92 Å². The topological polar surface area (TPSA) is 77.8 Å². The fraction of sp³-hybridized carbons (Fsp3) is 0.929. The quantitative estimate of drug-likeness (QED) is 0.471. The molecule has 0 unspecified atom stereocenters. The first kappa shape index (κ1) is 17.4. The van der Waals surface area contributed by atoms with Gasteiger partial charge in [0.15, 0.2) is 0 Å². The Balaban J connectivity index is 3.14. The van der Waals surface area contributed by atoms with Crippen LogP contribution in [-0.2, 0) is 4.79 Å². The molecule has 0 spiro atoms. The molecule has 18 heavy (non-hydrogen) atoms. The third kappa shape index (κ3) is 13.5. The third-order valence-electron chi connectivity index (χ3n) is 3.07. The molecular formula is C14H28O4. The number of aliphatic carboxylic acids is 1. The molecule has 0 amide bonds. The number of carbonyl (C=O) groups is 1. The number of unbranched alkanes of at least 4 members (excludes halogenated alkanes) is 6. The Kier molecular flexibility index (Phi) is 11.1. The molecule has 2 atom stereocenters. The Hall–Kier alpha value is -0.610. The summed E-state index contributed by atoms with van der Waals surface area (Å²) in [5, 5.41) is 26.9.